The van der Waals surface area contributed by atoms with Crippen LogP contribution in [0.25, 0.3) is 10.8 Å². The van der Waals surface area contributed by atoms with Crippen LogP contribution in [0.1, 0.15) is 24.9 Å². The summed E-state index contributed by atoms with van der Waals surface area (Å²) in [7, 11) is 0. The van der Waals surface area contributed by atoms with E-state index in [1.807, 2.05) is 55.5 Å². The van der Waals surface area contributed by atoms with E-state index in [1.165, 1.54) is 0 Å². The highest BCUT2D eigenvalue weighted by atomic mass is 16.5. The third-order valence-corrected chi connectivity index (χ3v) is 5.04. The maximum Gasteiger partial charge on any atom is 0.265 e. The van der Waals surface area contributed by atoms with Crippen LogP contribution in [-0.2, 0) is 9.59 Å². The van der Waals surface area contributed by atoms with Crippen LogP contribution in [0.2, 0.25) is 0 Å². The third-order valence-electron chi connectivity index (χ3n) is 5.04. The summed E-state index contributed by atoms with van der Waals surface area (Å²) < 4.78 is 5.44. The summed E-state index contributed by atoms with van der Waals surface area (Å²) in [6.45, 7) is 2.31. The van der Waals surface area contributed by atoms with Gasteiger partial charge in [-0.15, -0.1) is 0 Å². The highest BCUT2D eigenvalue weighted by Gasteiger charge is 2.25. The molecule has 2 amide bonds. The number of amides is 2. The van der Waals surface area contributed by atoms with Crippen molar-refractivity contribution in [2.75, 3.05) is 18.1 Å². The molecule has 0 saturated carbocycles. The van der Waals surface area contributed by atoms with Gasteiger partial charge in [-0.2, -0.15) is 0 Å². The Bertz CT molecular complexity index is 1030. The molecule has 0 saturated heterocycles. The van der Waals surface area contributed by atoms with Gasteiger partial charge in [-0.25, -0.2) is 0 Å². The molecular formula is C23H22N2O3. The highest BCUT2D eigenvalue weighted by molar-refractivity contribution is 5.98. The van der Waals surface area contributed by atoms with Gasteiger partial charge < -0.3 is 15.0 Å². The van der Waals surface area contributed by atoms with Gasteiger partial charge in [0.25, 0.3) is 5.91 Å². The maximum absolute atomic E-state index is 12.5. The van der Waals surface area contributed by atoms with Gasteiger partial charge >= 0.3 is 0 Å². The van der Waals surface area contributed by atoms with Gasteiger partial charge in [-0.3, -0.25) is 9.59 Å². The number of fused-ring (bicyclic) bond motifs is 2. The summed E-state index contributed by atoms with van der Waals surface area (Å²) in [4.78, 5) is 26.4. The number of para-hydroxylation sites is 2. The Balaban J connectivity index is 1.43. The van der Waals surface area contributed by atoms with E-state index in [-0.39, 0.29) is 30.9 Å². The Kier molecular flexibility index (Phi) is 4.98. The number of anilines is 1. The van der Waals surface area contributed by atoms with Crippen molar-refractivity contribution < 1.29 is 14.3 Å². The lowest BCUT2D eigenvalue weighted by Crippen LogP contribution is -2.41. The smallest absolute Gasteiger partial charge is 0.265 e. The Morgan fingerprint density at radius 1 is 1.07 bits per heavy atom. The summed E-state index contributed by atoms with van der Waals surface area (Å²) in [5, 5.41) is 5.34. The minimum atomic E-state index is -0.131. The maximum atomic E-state index is 12.5. The number of carbonyl (C=O) groups excluding carboxylic acids is 2. The first-order chi connectivity index (χ1) is 13.6. The van der Waals surface area contributed by atoms with Gasteiger partial charge in [0.15, 0.2) is 6.61 Å². The summed E-state index contributed by atoms with van der Waals surface area (Å²) >= 11 is 0. The molecule has 0 spiro atoms. The fraction of sp³-hybridized carbons (Fsp3) is 0.217. The number of hydrogen-bond donors (Lipinski definition) is 1. The number of hydrogen-bond acceptors (Lipinski definition) is 3. The molecule has 0 radical (unpaired) electrons. The van der Waals surface area contributed by atoms with Gasteiger partial charge in [-0.05, 0) is 35.4 Å². The number of nitrogens with zero attached hydrogens (tertiary/aromatic N) is 1. The molecule has 1 aliphatic heterocycles. The van der Waals surface area contributed by atoms with Gasteiger partial charge in [-0.1, -0.05) is 54.6 Å². The summed E-state index contributed by atoms with van der Waals surface area (Å²) in [5.41, 5.74) is 1.80. The SMILES string of the molecule is C[C@@H](NC(=O)CCN1C(=O)COc2ccccc21)c1cccc2ccccc12. The van der Waals surface area contributed by atoms with E-state index in [0.29, 0.717) is 18.0 Å². The first-order valence-electron chi connectivity index (χ1n) is 9.43. The molecule has 0 aromatic heterocycles. The van der Waals surface area contributed by atoms with Crippen molar-refractivity contribution in [3.8, 4) is 5.75 Å². The first kappa shape index (κ1) is 18.0. The number of rotatable bonds is 5. The fourth-order valence-electron chi connectivity index (χ4n) is 3.63. The lowest BCUT2D eigenvalue weighted by Gasteiger charge is -2.29. The van der Waals surface area contributed by atoms with E-state index < -0.39 is 0 Å². The Morgan fingerprint density at radius 3 is 2.71 bits per heavy atom. The summed E-state index contributed by atoms with van der Waals surface area (Å²) in [6.07, 6.45) is 0.231. The lowest BCUT2D eigenvalue weighted by molar-refractivity contribution is -0.122. The average Bonchev–Trinajstić information content (AvgIpc) is 2.72. The quantitative estimate of drug-likeness (QED) is 0.738. The molecule has 28 heavy (non-hydrogen) atoms. The summed E-state index contributed by atoms with van der Waals surface area (Å²) in [5.74, 6) is 0.456. The van der Waals surface area contributed by atoms with Gasteiger partial charge in [0.1, 0.15) is 5.75 Å². The molecule has 1 N–H and O–H groups in total. The second kappa shape index (κ2) is 7.72. The number of carbonyl (C=O) groups is 2. The van der Waals surface area contributed by atoms with Crippen molar-refractivity contribution in [2.24, 2.45) is 0 Å². The predicted molar refractivity (Wildman–Crippen MR) is 109 cm³/mol. The molecule has 1 atom stereocenters. The topological polar surface area (TPSA) is 58.6 Å². The number of nitrogens with one attached hydrogen (secondary N) is 1. The van der Waals surface area contributed by atoms with E-state index in [9.17, 15) is 9.59 Å². The molecule has 3 aromatic rings. The molecule has 5 nitrogen and oxygen atoms in total. The van der Waals surface area contributed by atoms with Crippen LogP contribution >= 0.6 is 0 Å². The van der Waals surface area contributed by atoms with Crippen LogP contribution in [-0.4, -0.2) is 25.0 Å². The van der Waals surface area contributed by atoms with Crippen LogP contribution in [0.4, 0.5) is 5.69 Å². The molecule has 5 heteroatoms. The van der Waals surface area contributed by atoms with Crippen molar-refractivity contribution in [1.29, 1.82) is 0 Å². The minimum Gasteiger partial charge on any atom is -0.482 e. The van der Waals surface area contributed by atoms with Crippen LogP contribution in [0.5, 0.6) is 5.75 Å². The van der Waals surface area contributed by atoms with Crippen molar-refractivity contribution in [2.45, 2.75) is 19.4 Å². The number of benzene rings is 3. The third kappa shape index (κ3) is 3.56. The monoisotopic (exact) mass is 374 g/mol. The van der Waals surface area contributed by atoms with Crippen molar-refractivity contribution in [1.82, 2.24) is 5.32 Å². The Labute approximate surface area is 163 Å². The van der Waals surface area contributed by atoms with E-state index in [1.54, 1.807) is 4.90 Å². The molecule has 1 aliphatic rings. The summed E-state index contributed by atoms with van der Waals surface area (Å²) in [6, 6.07) is 21.5. The molecule has 0 aliphatic carbocycles. The van der Waals surface area contributed by atoms with Gasteiger partial charge in [0.05, 0.1) is 11.7 Å². The minimum absolute atomic E-state index is 0.00500. The van der Waals surface area contributed by atoms with Gasteiger partial charge in [0, 0.05) is 13.0 Å². The average molecular weight is 374 g/mol. The normalized spacial score (nSPS) is 14.3. The zero-order valence-corrected chi connectivity index (χ0v) is 15.7. The molecular weight excluding hydrogens is 352 g/mol. The Hall–Kier alpha value is -3.34. The van der Waals surface area contributed by atoms with Crippen LogP contribution in [0, 0.1) is 0 Å². The molecule has 142 valence electrons. The van der Waals surface area contributed by atoms with Crippen LogP contribution in [0.3, 0.4) is 0 Å². The van der Waals surface area contributed by atoms with Crippen molar-refractivity contribution in [3.63, 3.8) is 0 Å². The highest BCUT2D eigenvalue weighted by Crippen LogP contribution is 2.31. The predicted octanol–water partition coefficient (Wildman–Crippen LogP) is 3.83. The second-order valence-electron chi connectivity index (χ2n) is 6.91. The Morgan fingerprint density at radius 2 is 1.82 bits per heavy atom. The fourth-order valence-corrected chi connectivity index (χ4v) is 3.63. The first-order valence-corrected chi connectivity index (χ1v) is 9.43. The van der Waals surface area contributed by atoms with Crippen molar-refractivity contribution >= 4 is 28.3 Å². The number of ether oxygens (including phenoxy) is 1. The van der Waals surface area contributed by atoms with E-state index >= 15 is 0 Å². The molecule has 0 fully saturated rings. The molecule has 0 bridgehead atoms. The van der Waals surface area contributed by atoms with Crippen LogP contribution < -0.4 is 15.0 Å². The van der Waals surface area contributed by atoms with E-state index in [4.69, 9.17) is 4.74 Å². The van der Waals surface area contributed by atoms with Crippen LogP contribution in [0.15, 0.2) is 66.7 Å². The standard InChI is InChI=1S/C23H22N2O3/c1-16(18-10-6-8-17-7-2-3-9-19(17)18)24-22(26)13-14-25-20-11-4-5-12-21(20)28-15-23(25)27/h2-12,16H,13-15H2,1H3,(H,24,26)/t16-/m1/s1. The second-order valence-corrected chi connectivity index (χ2v) is 6.91. The molecule has 0 unspecified atom stereocenters. The zero-order valence-electron chi connectivity index (χ0n) is 15.7. The molecule has 4 rings (SSSR count). The largest absolute Gasteiger partial charge is 0.482 e. The molecule has 3 aromatic carbocycles. The van der Waals surface area contributed by atoms with E-state index in [2.05, 4.69) is 23.5 Å². The van der Waals surface area contributed by atoms with Crippen molar-refractivity contribution in [3.05, 3.63) is 72.3 Å². The zero-order chi connectivity index (χ0) is 19.5. The molecule has 1 heterocycles. The van der Waals surface area contributed by atoms with E-state index in [0.717, 1.165) is 16.3 Å². The van der Waals surface area contributed by atoms with Gasteiger partial charge in [0.2, 0.25) is 5.91 Å². The lowest BCUT2D eigenvalue weighted by atomic mass is 9.99.